The van der Waals surface area contributed by atoms with Crippen LogP contribution in [-0.4, -0.2) is 33.7 Å². The number of aliphatic carboxylic acids is 1. The van der Waals surface area contributed by atoms with Gasteiger partial charge in [-0.15, -0.1) is 0 Å². The predicted octanol–water partition coefficient (Wildman–Crippen LogP) is 3.86. The van der Waals surface area contributed by atoms with Crippen molar-refractivity contribution in [2.24, 2.45) is 4.99 Å². The number of carboxylic acids is 1. The summed E-state index contributed by atoms with van der Waals surface area (Å²) in [5.74, 6) is -1.27. The van der Waals surface area contributed by atoms with E-state index in [9.17, 15) is 14.7 Å². The third kappa shape index (κ3) is 3.67. The van der Waals surface area contributed by atoms with Crippen LogP contribution in [0.15, 0.2) is 58.8 Å². The molecule has 0 amide bonds. The number of aliphatic hydroxyl groups excluding tert-OH is 1. The maximum atomic E-state index is 12.4. The Balaban J connectivity index is 2.02. The summed E-state index contributed by atoms with van der Waals surface area (Å²) in [4.78, 5) is 27.7. The molecule has 0 bridgehead atoms. The van der Waals surface area contributed by atoms with E-state index in [4.69, 9.17) is 5.11 Å². The highest BCUT2D eigenvalue weighted by Gasteiger charge is 2.27. The van der Waals surface area contributed by atoms with Crippen molar-refractivity contribution in [3.63, 3.8) is 0 Å². The lowest BCUT2D eigenvalue weighted by atomic mass is 9.88. The lowest BCUT2D eigenvalue weighted by Crippen LogP contribution is -2.25. The number of fused-ring (bicyclic) bond motifs is 1. The molecule has 0 saturated heterocycles. The smallest absolute Gasteiger partial charge is 0.328 e. The Kier molecular flexibility index (Phi) is 5.16. The van der Waals surface area contributed by atoms with E-state index in [1.165, 1.54) is 6.92 Å². The lowest BCUT2D eigenvalue weighted by molar-refractivity contribution is -0.138. The van der Waals surface area contributed by atoms with E-state index >= 15 is 0 Å². The Morgan fingerprint density at radius 1 is 1.12 bits per heavy atom. The first-order chi connectivity index (χ1) is 12.5. The van der Waals surface area contributed by atoms with Gasteiger partial charge in [-0.3, -0.25) is 9.79 Å². The number of carboxylic acid groups (broad SMARTS) is 1. The molecule has 1 unspecified atom stereocenters. The van der Waals surface area contributed by atoms with Crippen LogP contribution in [-0.2, 0) is 16.0 Å². The van der Waals surface area contributed by atoms with Crippen molar-refractivity contribution in [2.75, 3.05) is 0 Å². The number of carbonyl (C=O) groups is 2. The van der Waals surface area contributed by atoms with E-state index < -0.39 is 12.0 Å². The van der Waals surface area contributed by atoms with Crippen molar-refractivity contribution in [2.45, 2.75) is 38.6 Å². The number of hydrogen-bond acceptors (Lipinski definition) is 4. The topological polar surface area (TPSA) is 87.0 Å². The van der Waals surface area contributed by atoms with Crippen LogP contribution in [0.5, 0.6) is 0 Å². The first-order valence-corrected chi connectivity index (χ1v) is 8.69. The van der Waals surface area contributed by atoms with Crippen molar-refractivity contribution in [1.82, 2.24) is 0 Å². The molecule has 0 heterocycles. The number of allylic oxidation sites excluding steroid dienone is 2. The number of Topliss-reactive ketones (excluding diaryl/α,β-unsaturated/α-hetero) is 1. The van der Waals surface area contributed by atoms with Gasteiger partial charge >= 0.3 is 5.97 Å². The molecule has 134 valence electrons. The van der Waals surface area contributed by atoms with Gasteiger partial charge in [0.25, 0.3) is 0 Å². The zero-order valence-electron chi connectivity index (χ0n) is 14.6. The van der Waals surface area contributed by atoms with Gasteiger partial charge in [-0.2, -0.15) is 0 Å². The number of hydrogen-bond donors (Lipinski definition) is 2. The van der Waals surface area contributed by atoms with Gasteiger partial charge in [0.2, 0.25) is 0 Å². The molecule has 1 fully saturated rings. The molecule has 3 rings (SSSR count). The molecule has 2 aromatic rings. The zero-order valence-corrected chi connectivity index (χ0v) is 14.6. The number of rotatable bonds is 4. The number of carbonyl (C=O) groups excluding carboxylic acids is 1. The minimum absolute atomic E-state index is 0.0395. The minimum atomic E-state index is -1.05. The lowest BCUT2D eigenvalue weighted by Gasteiger charge is -2.19. The Bertz CT molecular complexity index is 921. The van der Waals surface area contributed by atoms with E-state index in [1.807, 2.05) is 42.5 Å². The normalized spacial score (nSPS) is 19.6. The average Bonchev–Trinajstić information content (AvgIpc) is 2.62. The number of ketones is 1. The Morgan fingerprint density at radius 2 is 1.85 bits per heavy atom. The molecule has 5 heteroatoms. The Hall–Kier alpha value is -2.95. The summed E-state index contributed by atoms with van der Waals surface area (Å²) in [6.45, 7) is 1.47. The van der Waals surface area contributed by atoms with Gasteiger partial charge in [-0.1, -0.05) is 42.5 Å². The minimum Gasteiger partial charge on any atom is -0.511 e. The molecule has 1 saturated carbocycles. The van der Waals surface area contributed by atoms with Gasteiger partial charge in [-0.25, -0.2) is 4.79 Å². The van der Waals surface area contributed by atoms with Gasteiger partial charge in [0.05, 0.1) is 11.3 Å². The highest BCUT2D eigenvalue weighted by Crippen LogP contribution is 2.26. The Morgan fingerprint density at radius 3 is 2.62 bits per heavy atom. The SMILES string of the molecule is CC(N=C1CCCC(=O)C1=C(O)Cc1cccc2ccccc12)C(=O)O. The number of nitrogens with zero attached hydrogens (tertiary/aromatic N) is 1. The Labute approximate surface area is 151 Å². The fraction of sp³-hybridized carbons (Fsp3) is 0.286. The quantitative estimate of drug-likeness (QED) is 0.647. The molecule has 26 heavy (non-hydrogen) atoms. The van der Waals surface area contributed by atoms with E-state index in [0.717, 1.165) is 16.3 Å². The van der Waals surface area contributed by atoms with E-state index in [1.54, 1.807) is 0 Å². The predicted molar refractivity (Wildman–Crippen MR) is 101 cm³/mol. The highest BCUT2D eigenvalue weighted by atomic mass is 16.4. The molecule has 0 aliphatic heterocycles. The second-order valence-corrected chi connectivity index (χ2v) is 6.50. The average molecular weight is 351 g/mol. The summed E-state index contributed by atoms with van der Waals surface area (Å²) in [6, 6.07) is 12.7. The summed E-state index contributed by atoms with van der Waals surface area (Å²) >= 11 is 0. The maximum absolute atomic E-state index is 12.4. The van der Waals surface area contributed by atoms with Gasteiger partial charge in [0.15, 0.2) is 5.78 Å². The summed E-state index contributed by atoms with van der Waals surface area (Å²) < 4.78 is 0. The number of aliphatic hydroxyl groups is 1. The van der Waals surface area contributed by atoms with E-state index in [2.05, 4.69) is 4.99 Å². The first-order valence-electron chi connectivity index (χ1n) is 8.69. The van der Waals surface area contributed by atoms with Crippen molar-refractivity contribution in [3.8, 4) is 0 Å². The monoisotopic (exact) mass is 351 g/mol. The molecule has 0 radical (unpaired) electrons. The molecule has 1 atom stereocenters. The molecule has 2 aromatic carbocycles. The van der Waals surface area contributed by atoms with Crippen LogP contribution in [0.3, 0.4) is 0 Å². The van der Waals surface area contributed by atoms with Crippen molar-refractivity contribution >= 4 is 28.2 Å². The van der Waals surface area contributed by atoms with Crippen LogP contribution in [0, 0.1) is 0 Å². The van der Waals surface area contributed by atoms with Gasteiger partial charge in [-0.05, 0) is 36.1 Å². The van der Waals surface area contributed by atoms with Crippen molar-refractivity contribution in [1.29, 1.82) is 0 Å². The summed E-state index contributed by atoms with van der Waals surface area (Å²) in [5.41, 5.74) is 1.50. The van der Waals surface area contributed by atoms with Crippen molar-refractivity contribution < 1.29 is 19.8 Å². The molecule has 0 aromatic heterocycles. The molecule has 1 aliphatic rings. The van der Waals surface area contributed by atoms with Crippen molar-refractivity contribution in [3.05, 3.63) is 59.4 Å². The molecule has 2 N–H and O–H groups in total. The third-order valence-electron chi connectivity index (χ3n) is 4.62. The summed E-state index contributed by atoms with van der Waals surface area (Å²) in [7, 11) is 0. The molecular weight excluding hydrogens is 330 g/mol. The van der Waals surface area contributed by atoms with Gasteiger partial charge in [0.1, 0.15) is 11.8 Å². The van der Waals surface area contributed by atoms with Gasteiger partial charge in [0, 0.05) is 12.8 Å². The third-order valence-corrected chi connectivity index (χ3v) is 4.62. The summed E-state index contributed by atoms with van der Waals surface area (Å²) in [6.07, 6.45) is 1.67. The van der Waals surface area contributed by atoms with Crippen LogP contribution in [0.4, 0.5) is 0 Å². The van der Waals surface area contributed by atoms with Gasteiger partial charge < -0.3 is 10.2 Å². The molecule has 0 spiro atoms. The standard InChI is InChI=1S/C21H21NO4/c1-13(21(25)26)22-17-10-5-11-18(23)20(17)19(24)12-15-8-4-7-14-6-2-3-9-16(14)15/h2-4,6-9,13,24H,5,10-12H2,1H3,(H,25,26). The fourth-order valence-electron chi connectivity index (χ4n) is 3.29. The van der Waals surface area contributed by atoms with Crippen LogP contribution in [0.1, 0.15) is 31.7 Å². The molecule has 5 nitrogen and oxygen atoms in total. The van der Waals surface area contributed by atoms with Crippen LogP contribution in [0.25, 0.3) is 10.8 Å². The highest BCUT2D eigenvalue weighted by molar-refractivity contribution is 6.24. The second kappa shape index (κ2) is 7.52. The van der Waals surface area contributed by atoms with E-state index in [-0.39, 0.29) is 23.5 Å². The maximum Gasteiger partial charge on any atom is 0.328 e. The molecule has 1 aliphatic carbocycles. The summed E-state index contributed by atoms with van der Waals surface area (Å²) in [5, 5.41) is 21.9. The number of aliphatic imine (C=N–C) groups is 1. The van der Waals surface area contributed by atoms with E-state index in [0.29, 0.717) is 25.0 Å². The van der Waals surface area contributed by atoms with Crippen LogP contribution >= 0.6 is 0 Å². The largest absolute Gasteiger partial charge is 0.511 e. The van der Waals surface area contributed by atoms with Crippen LogP contribution < -0.4 is 0 Å². The fourth-order valence-corrected chi connectivity index (χ4v) is 3.29. The number of benzene rings is 2. The molecular formula is C21H21NO4. The first kappa shape index (κ1) is 17.9. The second-order valence-electron chi connectivity index (χ2n) is 6.50. The van der Waals surface area contributed by atoms with Crippen LogP contribution in [0.2, 0.25) is 0 Å². The zero-order chi connectivity index (χ0) is 18.7.